The molecule has 0 radical (unpaired) electrons. The Kier molecular flexibility index (Phi) is 4.43. The first-order valence-electron chi connectivity index (χ1n) is 5.14. The average molecular weight is 228 g/mol. The van der Waals surface area contributed by atoms with E-state index in [2.05, 4.69) is 6.92 Å². The summed E-state index contributed by atoms with van der Waals surface area (Å²) in [4.78, 5) is 0. The Morgan fingerprint density at radius 1 is 1.47 bits per heavy atom. The smallest absolute Gasteiger partial charge is 0.123 e. The summed E-state index contributed by atoms with van der Waals surface area (Å²) in [5.74, 6) is 1.27. The van der Waals surface area contributed by atoms with E-state index in [1.807, 2.05) is 19.1 Å². The van der Waals surface area contributed by atoms with Crippen molar-refractivity contribution in [3.05, 3.63) is 28.3 Å². The van der Waals surface area contributed by atoms with E-state index in [4.69, 9.17) is 22.1 Å². The van der Waals surface area contributed by atoms with Crippen LogP contribution in [0.4, 0.5) is 0 Å². The van der Waals surface area contributed by atoms with Crippen LogP contribution in [0.2, 0.25) is 5.02 Å². The van der Waals surface area contributed by atoms with E-state index in [9.17, 15) is 0 Å². The monoisotopic (exact) mass is 227 g/mol. The Balaban J connectivity index is 3.05. The summed E-state index contributed by atoms with van der Waals surface area (Å²) in [7, 11) is 1.66. The number of benzene rings is 1. The second kappa shape index (κ2) is 5.38. The Hall–Kier alpha value is -0.730. The van der Waals surface area contributed by atoms with Gasteiger partial charge < -0.3 is 10.5 Å². The van der Waals surface area contributed by atoms with Crippen LogP contribution in [-0.4, -0.2) is 13.7 Å². The molecule has 2 nitrogen and oxygen atoms in total. The molecule has 1 rings (SSSR count). The number of hydrogen-bond donors (Lipinski definition) is 1. The Labute approximate surface area is 96.4 Å². The highest BCUT2D eigenvalue weighted by molar-refractivity contribution is 6.31. The summed E-state index contributed by atoms with van der Waals surface area (Å²) < 4.78 is 5.28. The van der Waals surface area contributed by atoms with Crippen LogP contribution in [0.25, 0.3) is 0 Å². The maximum Gasteiger partial charge on any atom is 0.123 e. The van der Waals surface area contributed by atoms with E-state index in [1.165, 1.54) is 5.56 Å². The van der Waals surface area contributed by atoms with Crippen molar-refractivity contribution < 1.29 is 4.74 Å². The lowest BCUT2D eigenvalue weighted by Crippen LogP contribution is -2.05. The van der Waals surface area contributed by atoms with Crippen LogP contribution in [0.3, 0.4) is 0 Å². The predicted molar refractivity (Wildman–Crippen MR) is 64.8 cm³/mol. The van der Waals surface area contributed by atoms with Crippen LogP contribution in [0.15, 0.2) is 12.1 Å². The van der Waals surface area contributed by atoms with Crippen molar-refractivity contribution in [2.24, 2.45) is 5.73 Å². The second-order valence-electron chi connectivity index (χ2n) is 3.81. The zero-order valence-corrected chi connectivity index (χ0v) is 10.3. The normalized spacial score (nSPS) is 12.6. The third-order valence-electron chi connectivity index (χ3n) is 2.71. The summed E-state index contributed by atoms with van der Waals surface area (Å²) in [5, 5.41) is 0.758. The molecule has 0 saturated heterocycles. The molecule has 0 aliphatic rings. The highest BCUT2D eigenvalue weighted by Gasteiger charge is 2.10. The third kappa shape index (κ3) is 2.86. The van der Waals surface area contributed by atoms with Gasteiger partial charge in [0.1, 0.15) is 5.75 Å². The largest absolute Gasteiger partial charge is 0.496 e. The molecule has 1 aromatic carbocycles. The minimum atomic E-state index is 0.419. The van der Waals surface area contributed by atoms with E-state index < -0.39 is 0 Å². The Morgan fingerprint density at radius 2 is 2.13 bits per heavy atom. The van der Waals surface area contributed by atoms with Gasteiger partial charge in [-0.25, -0.2) is 0 Å². The standard InChI is InChI=1S/C12H18ClNO/c1-8(4-5-14)10-6-11(13)9(2)12(7-10)15-3/h6-8H,4-5,14H2,1-3H3. The molecular weight excluding hydrogens is 210 g/mol. The molecule has 0 saturated carbocycles. The maximum absolute atomic E-state index is 6.13. The number of ether oxygens (including phenoxy) is 1. The summed E-state index contributed by atoms with van der Waals surface area (Å²) >= 11 is 6.13. The van der Waals surface area contributed by atoms with Crippen molar-refractivity contribution in [2.45, 2.75) is 26.2 Å². The number of rotatable bonds is 4. The Bertz CT molecular complexity index is 339. The van der Waals surface area contributed by atoms with E-state index in [-0.39, 0.29) is 0 Å². The zero-order valence-electron chi connectivity index (χ0n) is 9.51. The van der Waals surface area contributed by atoms with Crippen LogP contribution in [0.1, 0.15) is 30.4 Å². The molecule has 0 bridgehead atoms. The van der Waals surface area contributed by atoms with Crippen LogP contribution in [-0.2, 0) is 0 Å². The van der Waals surface area contributed by atoms with Gasteiger partial charge in [0.15, 0.2) is 0 Å². The lowest BCUT2D eigenvalue weighted by atomic mass is 9.96. The molecule has 2 N–H and O–H groups in total. The first kappa shape index (κ1) is 12.3. The van der Waals surface area contributed by atoms with Crippen molar-refractivity contribution in [1.29, 1.82) is 0 Å². The van der Waals surface area contributed by atoms with Crippen LogP contribution in [0, 0.1) is 6.92 Å². The van der Waals surface area contributed by atoms with Crippen LogP contribution < -0.4 is 10.5 Å². The molecule has 0 amide bonds. The van der Waals surface area contributed by atoms with E-state index >= 15 is 0 Å². The van der Waals surface area contributed by atoms with Crippen molar-refractivity contribution in [2.75, 3.05) is 13.7 Å². The van der Waals surface area contributed by atoms with Gasteiger partial charge in [0.25, 0.3) is 0 Å². The van der Waals surface area contributed by atoms with Gasteiger partial charge in [0.05, 0.1) is 7.11 Å². The van der Waals surface area contributed by atoms with Gasteiger partial charge in [0.2, 0.25) is 0 Å². The molecule has 1 unspecified atom stereocenters. The maximum atomic E-state index is 6.13. The molecule has 0 heterocycles. The SMILES string of the molecule is COc1cc(C(C)CCN)cc(Cl)c1C. The molecule has 0 aromatic heterocycles. The number of methoxy groups -OCH3 is 1. The van der Waals surface area contributed by atoms with Gasteiger partial charge >= 0.3 is 0 Å². The molecule has 0 spiro atoms. The van der Waals surface area contributed by atoms with Gasteiger partial charge in [-0.05, 0) is 43.5 Å². The topological polar surface area (TPSA) is 35.2 Å². The third-order valence-corrected chi connectivity index (χ3v) is 3.10. The Morgan fingerprint density at radius 3 is 2.67 bits per heavy atom. The molecular formula is C12H18ClNO. The molecule has 84 valence electrons. The highest BCUT2D eigenvalue weighted by Crippen LogP contribution is 2.31. The van der Waals surface area contributed by atoms with Gasteiger partial charge in [-0.2, -0.15) is 0 Å². The lowest BCUT2D eigenvalue weighted by Gasteiger charge is -2.14. The highest BCUT2D eigenvalue weighted by atomic mass is 35.5. The second-order valence-corrected chi connectivity index (χ2v) is 4.22. The quantitative estimate of drug-likeness (QED) is 0.858. The number of hydrogen-bond acceptors (Lipinski definition) is 2. The molecule has 0 aliphatic carbocycles. The fraction of sp³-hybridized carbons (Fsp3) is 0.500. The number of halogens is 1. The van der Waals surface area contributed by atoms with Gasteiger partial charge in [-0.15, -0.1) is 0 Å². The average Bonchev–Trinajstić information content (AvgIpc) is 2.22. The zero-order chi connectivity index (χ0) is 11.4. The van der Waals surface area contributed by atoms with Gasteiger partial charge in [-0.3, -0.25) is 0 Å². The molecule has 0 fully saturated rings. The fourth-order valence-corrected chi connectivity index (χ4v) is 1.81. The van der Waals surface area contributed by atoms with Crippen molar-refractivity contribution >= 4 is 11.6 Å². The minimum absolute atomic E-state index is 0.419. The summed E-state index contributed by atoms with van der Waals surface area (Å²) in [6.07, 6.45) is 0.961. The lowest BCUT2D eigenvalue weighted by molar-refractivity contribution is 0.410. The molecule has 1 atom stereocenters. The van der Waals surface area contributed by atoms with Gasteiger partial charge in [-0.1, -0.05) is 18.5 Å². The summed E-state index contributed by atoms with van der Waals surface area (Å²) in [6, 6.07) is 4.04. The number of nitrogens with two attached hydrogens (primary N) is 1. The van der Waals surface area contributed by atoms with Crippen molar-refractivity contribution in [1.82, 2.24) is 0 Å². The summed E-state index contributed by atoms with van der Waals surface area (Å²) in [5.41, 5.74) is 7.72. The van der Waals surface area contributed by atoms with Crippen molar-refractivity contribution in [3.8, 4) is 5.75 Å². The van der Waals surface area contributed by atoms with E-state index in [0.29, 0.717) is 12.5 Å². The first-order chi connectivity index (χ1) is 7.10. The minimum Gasteiger partial charge on any atom is -0.496 e. The molecule has 1 aromatic rings. The predicted octanol–water partition coefficient (Wildman–Crippen LogP) is 3.11. The van der Waals surface area contributed by atoms with E-state index in [1.54, 1.807) is 7.11 Å². The van der Waals surface area contributed by atoms with Crippen LogP contribution in [0.5, 0.6) is 5.75 Å². The summed E-state index contributed by atoms with van der Waals surface area (Å²) in [6.45, 7) is 4.79. The molecule has 0 aliphatic heterocycles. The first-order valence-corrected chi connectivity index (χ1v) is 5.52. The van der Waals surface area contributed by atoms with Gasteiger partial charge in [0, 0.05) is 10.6 Å². The molecule has 3 heteroatoms. The molecule has 15 heavy (non-hydrogen) atoms. The van der Waals surface area contributed by atoms with Crippen molar-refractivity contribution in [3.63, 3.8) is 0 Å². The van der Waals surface area contributed by atoms with E-state index in [0.717, 1.165) is 22.8 Å². The fourth-order valence-electron chi connectivity index (χ4n) is 1.59. The van der Waals surface area contributed by atoms with Crippen LogP contribution >= 0.6 is 11.6 Å².